The van der Waals surface area contributed by atoms with Crippen LogP contribution in [-0.4, -0.2) is 82.5 Å². The summed E-state index contributed by atoms with van der Waals surface area (Å²) in [7, 11) is 8.11. The third-order valence-corrected chi connectivity index (χ3v) is 7.07. The van der Waals surface area contributed by atoms with Crippen molar-refractivity contribution in [1.82, 2.24) is 15.1 Å². The minimum Gasteiger partial charge on any atom is -0.378 e. The summed E-state index contributed by atoms with van der Waals surface area (Å²) in [6, 6.07) is 24.1. The summed E-state index contributed by atoms with van der Waals surface area (Å²) in [6.45, 7) is 4.29. The van der Waals surface area contributed by atoms with Gasteiger partial charge in [-0.2, -0.15) is 0 Å². The second-order valence-electron chi connectivity index (χ2n) is 10.2. The fourth-order valence-electron chi connectivity index (χ4n) is 4.68. The molecule has 7 nitrogen and oxygen atoms in total. The SMILES string of the molecule is CN(C)c1ccc(CCNC(=O)c2ccccc2C(=O)N2CCN(Cc3ccc(N(C)C)cc3)CC2)cc1. The van der Waals surface area contributed by atoms with Gasteiger partial charge in [0.05, 0.1) is 11.1 Å². The molecule has 0 spiro atoms. The van der Waals surface area contributed by atoms with Crippen LogP contribution >= 0.6 is 0 Å². The first kappa shape index (κ1) is 27.2. The molecule has 0 saturated carbocycles. The summed E-state index contributed by atoms with van der Waals surface area (Å²) in [5.74, 6) is -0.288. The molecule has 200 valence electrons. The summed E-state index contributed by atoms with van der Waals surface area (Å²) in [5, 5.41) is 3.00. The zero-order valence-electron chi connectivity index (χ0n) is 23.0. The van der Waals surface area contributed by atoms with E-state index in [-0.39, 0.29) is 11.8 Å². The van der Waals surface area contributed by atoms with Crippen molar-refractivity contribution >= 4 is 23.2 Å². The highest BCUT2D eigenvalue weighted by atomic mass is 16.2. The van der Waals surface area contributed by atoms with Crippen LogP contribution in [0.25, 0.3) is 0 Å². The van der Waals surface area contributed by atoms with E-state index in [1.807, 2.05) is 45.2 Å². The van der Waals surface area contributed by atoms with Gasteiger partial charge in [0, 0.05) is 78.8 Å². The molecule has 1 saturated heterocycles. The van der Waals surface area contributed by atoms with E-state index in [4.69, 9.17) is 0 Å². The van der Waals surface area contributed by atoms with E-state index < -0.39 is 0 Å². The molecule has 0 radical (unpaired) electrons. The molecular formula is C31H39N5O2. The van der Waals surface area contributed by atoms with Crippen molar-refractivity contribution in [2.24, 2.45) is 0 Å². The Hall–Kier alpha value is -3.84. The van der Waals surface area contributed by atoms with Gasteiger partial charge in [0.1, 0.15) is 0 Å². The van der Waals surface area contributed by atoms with Gasteiger partial charge in [-0.25, -0.2) is 0 Å². The standard InChI is InChI=1S/C31H39N5O2/c1-33(2)26-13-9-24(10-14-26)17-18-32-30(37)28-7-5-6-8-29(28)31(38)36-21-19-35(20-22-36)23-25-11-15-27(16-12-25)34(3)4/h5-16H,17-23H2,1-4H3,(H,32,37). The normalized spacial score (nSPS) is 13.7. The summed E-state index contributed by atoms with van der Waals surface area (Å²) in [6.07, 6.45) is 0.732. The average Bonchev–Trinajstić information content (AvgIpc) is 2.93. The average molecular weight is 514 g/mol. The summed E-state index contributed by atoms with van der Waals surface area (Å²) in [5.41, 5.74) is 5.66. The van der Waals surface area contributed by atoms with Crippen molar-refractivity contribution < 1.29 is 9.59 Å². The van der Waals surface area contributed by atoms with Crippen molar-refractivity contribution in [1.29, 1.82) is 0 Å². The summed E-state index contributed by atoms with van der Waals surface area (Å²) in [4.78, 5) is 34.8. The highest BCUT2D eigenvalue weighted by Crippen LogP contribution is 2.17. The Kier molecular flexibility index (Phi) is 9.02. The molecular weight excluding hydrogens is 474 g/mol. The molecule has 1 heterocycles. The van der Waals surface area contributed by atoms with Crippen LogP contribution < -0.4 is 15.1 Å². The van der Waals surface area contributed by atoms with E-state index in [0.717, 1.165) is 37.3 Å². The molecule has 1 aliphatic rings. The second kappa shape index (κ2) is 12.6. The fourth-order valence-corrected chi connectivity index (χ4v) is 4.68. The Morgan fingerprint density at radius 2 is 1.24 bits per heavy atom. The number of nitrogens with one attached hydrogen (secondary N) is 1. The minimum atomic E-state index is -0.210. The molecule has 4 rings (SSSR count). The topological polar surface area (TPSA) is 59.1 Å². The van der Waals surface area contributed by atoms with Gasteiger partial charge < -0.3 is 20.0 Å². The van der Waals surface area contributed by atoms with E-state index in [1.54, 1.807) is 12.1 Å². The van der Waals surface area contributed by atoms with Gasteiger partial charge in [-0.1, -0.05) is 36.4 Å². The van der Waals surface area contributed by atoms with Crippen LogP contribution in [0, 0.1) is 0 Å². The molecule has 0 aliphatic carbocycles. The lowest BCUT2D eigenvalue weighted by molar-refractivity contribution is 0.0624. The Bertz CT molecular complexity index is 1210. The van der Waals surface area contributed by atoms with Gasteiger partial charge in [0.2, 0.25) is 0 Å². The lowest BCUT2D eigenvalue weighted by Gasteiger charge is -2.35. The number of hydrogen-bond acceptors (Lipinski definition) is 5. The number of piperazine rings is 1. The molecule has 0 bridgehead atoms. The number of anilines is 2. The maximum absolute atomic E-state index is 13.4. The van der Waals surface area contributed by atoms with E-state index in [1.165, 1.54) is 11.3 Å². The third-order valence-electron chi connectivity index (χ3n) is 7.07. The Labute approximate surface area is 226 Å². The van der Waals surface area contributed by atoms with Crippen LogP contribution in [0.2, 0.25) is 0 Å². The molecule has 0 atom stereocenters. The number of carbonyl (C=O) groups is 2. The molecule has 1 aliphatic heterocycles. The molecule has 1 N–H and O–H groups in total. The van der Waals surface area contributed by atoms with E-state index in [9.17, 15) is 9.59 Å². The van der Waals surface area contributed by atoms with Crippen molar-refractivity contribution in [3.8, 4) is 0 Å². The van der Waals surface area contributed by atoms with Crippen LogP contribution in [0.3, 0.4) is 0 Å². The van der Waals surface area contributed by atoms with Crippen LogP contribution in [0.15, 0.2) is 72.8 Å². The number of benzene rings is 3. The maximum Gasteiger partial charge on any atom is 0.254 e. The first-order valence-electron chi connectivity index (χ1n) is 13.2. The van der Waals surface area contributed by atoms with E-state index >= 15 is 0 Å². The monoisotopic (exact) mass is 513 g/mol. The predicted molar refractivity (Wildman–Crippen MR) is 155 cm³/mol. The van der Waals surface area contributed by atoms with Crippen molar-refractivity contribution in [3.63, 3.8) is 0 Å². The van der Waals surface area contributed by atoms with Crippen LogP contribution in [0.1, 0.15) is 31.8 Å². The molecule has 2 amide bonds. The smallest absolute Gasteiger partial charge is 0.254 e. The van der Waals surface area contributed by atoms with E-state index in [2.05, 4.69) is 68.5 Å². The van der Waals surface area contributed by atoms with E-state index in [0.29, 0.717) is 30.8 Å². The van der Waals surface area contributed by atoms with Crippen molar-refractivity contribution in [2.75, 3.05) is 70.7 Å². The molecule has 1 fully saturated rings. The van der Waals surface area contributed by atoms with Gasteiger partial charge >= 0.3 is 0 Å². The van der Waals surface area contributed by atoms with Gasteiger partial charge in [-0.15, -0.1) is 0 Å². The quantitative estimate of drug-likeness (QED) is 0.472. The lowest BCUT2D eigenvalue weighted by Crippen LogP contribution is -2.48. The molecule has 0 unspecified atom stereocenters. The molecule has 0 aromatic heterocycles. The van der Waals surface area contributed by atoms with Gasteiger partial charge in [0.25, 0.3) is 11.8 Å². The van der Waals surface area contributed by atoms with Crippen LogP contribution in [0.5, 0.6) is 0 Å². The molecule has 3 aromatic rings. The maximum atomic E-state index is 13.4. The predicted octanol–water partition coefficient (Wildman–Crippen LogP) is 3.75. The Morgan fingerprint density at radius 3 is 1.79 bits per heavy atom. The fraction of sp³-hybridized carbons (Fsp3) is 0.355. The number of amides is 2. The minimum absolute atomic E-state index is 0.0787. The number of rotatable bonds is 9. The van der Waals surface area contributed by atoms with Crippen molar-refractivity contribution in [2.45, 2.75) is 13.0 Å². The third kappa shape index (κ3) is 6.92. The number of carbonyl (C=O) groups excluding carboxylic acids is 2. The zero-order chi connectivity index (χ0) is 27.1. The molecule has 7 heteroatoms. The first-order chi connectivity index (χ1) is 18.3. The molecule has 38 heavy (non-hydrogen) atoms. The summed E-state index contributed by atoms with van der Waals surface area (Å²) < 4.78 is 0. The number of hydrogen-bond donors (Lipinski definition) is 1. The van der Waals surface area contributed by atoms with Gasteiger partial charge in [-0.05, 0) is 53.9 Å². The highest BCUT2D eigenvalue weighted by Gasteiger charge is 2.25. The Balaban J connectivity index is 1.30. The first-order valence-corrected chi connectivity index (χ1v) is 13.2. The van der Waals surface area contributed by atoms with Gasteiger partial charge in [-0.3, -0.25) is 14.5 Å². The second-order valence-corrected chi connectivity index (χ2v) is 10.2. The summed E-state index contributed by atoms with van der Waals surface area (Å²) >= 11 is 0. The lowest BCUT2D eigenvalue weighted by atomic mass is 10.0. The highest BCUT2D eigenvalue weighted by molar-refractivity contribution is 6.07. The largest absolute Gasteiger partial charge is 0.378 e. The van der Waals surface area contributed by atoms with Crippen LogP contribution in [0.4, 0.5) is 11.4 Å². The van der Waals surface area contributed by atoms with Gasteiger partial charge in [0.15, 0.2) is 0 Å². The van der Waals surface area contributed by atoms with Crippen molar-refractivity contribution in [3.05, 3.63) is 95.1 Å². The Morgan fingerprint density at radius 1 is 0.711 bits per heavy atom. The number of nitrogens with zero attached hydrogens (tertiary/aromatic N) is 4. The zero-order valence-corrected chi connectivity index (χ0v) is 23.0. The van der Waals surface area contributed by atoms with Crippen LogP contribution in [-0.2, 0) is 13.0 Å². The molecule has 3 aromatic carbocycles.